The summed E-state index contributed by atoms with van der Waals surface area (Å²) in [6.45, 7) is 25.1. The molecule has 5 heterocycles. The fraction of sp³-hybridized carbons (Fsp3) is 0.118. The summed E-state index contributed by atoms with van der Waals surface area (Å²) in [6, 6.07) is 63.6. The molecule has 0 bridgehead atoms. The molecule has 9 aromatic carbocycles. The van der Waals surface area contributed by atoms with Crippen molar-refractivity contribution in [2.75, 3.05) is 0 Å². The van der Waals surface area contributed by atoms with E-state index < -0.39 is 0 Å². The van der Waals surface area contributed by atoms with Crippen LogP contribution in [0.5, 0.6) is 0 Å². The second-order valence-electron chi connectivity index (χ2n) is 21.7. The maximum absolute atomic E-state index is 5.70. The Morgan fingerprint density at radius 2 is 0.873 bits per heavy atom. The van der Waals surface area contributed by atoms with Crippen LogP contribution in [0.2, 0.25) is 0 Å². The monoisotopic (exact) mass is 1260 g/mol. The summed E-state index contributed by atoms with van der Waals surface area (Å²) >= 11 is 10.0. The molecule has 14 rings (SSSR count). The molecule has 0 aliphatic heterocycles. The first-order valence-corrected chi connectivity index (χ1v) is 27.4. The van der Waals surface area contributed by atoms with Gasteiger partial charge in [-0.25, -0.2) is 21.5 Å². The summed E-state index contributed by atoms with van der Waals surface area (Å²) in [5.41, 5.74) is 7.16. The smallest absolute Gasteiger partial charge is 0.292 e. The van der Waals surface area contributed by atoms with Crippen LogP contribution in [0.25, 0.3) is 123 Å². The summed E-state index contributed by atoms with van der Waals surface area (Å²) in [7, 11) is 0. The average molecular weight is 1260 g/mol. The quantitative estimate of drug-likeness (QED) is 0.104. The first-order chi connectivity index (χ1) is 37.6. The summed E-state index contributed by atoms with van der Waals surface area (Å²) < 4.78 is 3.53. The average Bonchev–Trinajstić information content (AvgIpc) is 4.26. The van der Waals surface area contributed by atoms with Crippen molar-refractivity contribution in [2.24, 2.45) is 0 Å². The van der Waals surface area contributed by atoms with E-state index in [0.29, 0.717) is 21.2 Å². The number of rotatable bonds is 4. The van der Waals surface area contributed by atoms with E-state index >= 15 is 0 Å². The van der Waals surface area contributed by atoms with Crippen molar-refractivity contribution in [2.45, 2.75) is 52.4 Å². The molecule has 11 heteroatoms. The van der Waals surface area contributed by atoms with Gasteiger partial charge in [-0.3, -0.25) is 17.7 Å². The first kappa shape index (κ1) is 53.4. The summed E-state index contributed by atoms with van der Waals surface area (Å²) in [6.07, 6.45) is 3.48. The zero-order valence-corrected chi connectivity index (χ0v) is 49.2. The Bertz CT molecular complexity index is 4510. The number of hydrogen-bond donors (Lipinski definition) is 2. The van der Waals surface area contributed by atoms with Gasteiger partial charge in [-0.1, -0.05) is 168 Å². The van der Waals surface area contributed by atoms with E-state index in [1.54, 1.807) is 23.7 Å². The Kier molecular flexibility index (Phi) is 14.3. The molecule has 0 saturated carbocycles. The number of thiol groups is 2. The van der Waals surface area contributed by atoms with Crippen LogP contribution in [0.1, 0.15) is 64.1 Å². The molecular weight excluding hydrogens is 1200 g/mol. The molecule has 0 atom stereocenters. The van der Waals surface area contributed by atoms with Crippen LogP contribution in [0, 0.1) is 19.2 Å². The fourth-order valence-corrected chi connectivity index (χ4v) is 11.6. The van der Waals surface area contributed by atoms with Gasteiger partial charge < -0.3 is 0 Å². The topological polar surface area (TPSA) is 82.3 Å². The molecule has 0 aliphatic rings. The van der Waals surface area contributed by atoms with Gasteiger partial charge in [0, 0.05) is 21.9 Å². The van der Waals surface area contributed by atoms with Gasteiger partial charge in [-0.15, -0.1) is 38.5 Å². The molecule has 0 radical (unpaired) electrons. The first-order valence-electron chi connectivity index (χ1n) is 25.7. The van der Waals surface area contributed by atoms with E-state index in [2.05, 4.69) is 243 Å². The number of thiophene rings is 1. The number of benzene rings is 9. The SMILES string of the molecule is CC(C)(C)c1ccc2c(c1)c1cc(C(C)(C)C)ccc1n2-c1nnc(-c2[c-]c3ccccc3s2)c2cc3ccccc3cc12.[CH-]=C(S)c1nncc2cc3ccccc3cc12.[CH-]=C(S)c1nncc2cc3ccccc3cc12.[Ir+3]. The molecule has 14 aromatic rings. The second kappa shape index (κ2) is 21.2. The predicted molar refractivity (Wildman–Crippen MR) is 336 cm³/mol. The fourth-order valence-electron chi connectivity index (χ4n) is 10.3. The van der Waals surface area contributed by atoms with Gasteiger partial charge in [-0.05, 0) is 134 Å². The van der Waals surface area contributed by atoms with Crippen molar-refractivity contribution >= 4 is 143 Å². The van der Waals surface area contributed by atoms with Crippen LogP contribution < -0.4 is 0 Å². The number of hydrogen-bond acceptors (Lipinski definition) is 9. The zero-order valence-electron chi connectivity index (χ0n) is 44.2. The standard InChI is InChI=1S/C40H34N3S.2C14H9N2S.Ir/c1-39(2,3)27-15-17-33-29(22-27)30-23-28(40(4,5)6)16-18-34(30)43(33)38-32-20-25-12-8-7-11-24(25)19-31(32)37(41-42-38)36-21-26-13-9-10-14-35(26)44-36;2*1-9(17)14-13-7-11-5-3-2-4-10(11)6-12(13)8-15-16-14;/h7-20,22-23H,1-6H3;2*1-8,17H;/q3*-1;+3. The number of fused-ring (bicyclic) bond motifs is 10. The normalized spacial score (nSPS) is 11.8. The minimum atomic E-state index is 0. The molecule has 386 valence electrons. The summed E-state index contributed by atoms with van der Waals surface area (Å²) in [5, 5.41) is 42.8. The zero-order chi connectivity index (χ0) is 54.0. The Morgan fingerprint density at radius 3 is 1.32 bits per heavy atom. The van der Waals surface area contributed by atoms with E-state index in [1.807, 2.05) is 24.3 Å². The Hall–Kier alpha value is -7.63. The molecule has 0 fully saturated rings. The molecule has 0 saturated heterocycles. The third-order valence-electron chi connectivity index (χ3n) is 14.4. The van der Waals surface area contributed by atoms with Crippen LogP contribution in [0.4, 0.5) is 0 Å². The third-order valence-corrected chi connectivity index (χ3v) is 15.9. The minimum absolute atomic E-state index is 0. The van der Waals surface area contributed by atoms with Crippen molar-refractivity contribution in [3.8, 4) is 16.4 Å². The maximum atomic E-state index is 5.70. The summed E-state index contributed by atoms with van der Waals surface area (Å²) in [4.78, 5) is 1.79. The molecule has 0 spiro atoms. The molecule has 7 nitrogen and oxygen atoms in total. The second-order valence-corrected chi connectivity index (χ2v) is 23.7. The number of aromatic nitrogens is 7. The van der Waals surface area contributed by atoms with Gasteiger partial charge >= 0.3 is 20.1 Å². The van der Waals surface area contributed by atoms with Crippen LogP contribution in [-0.2, 0) is 30.9 Å². The Morgan fingerprint density at radius 1 is 0.456 bits per heavy atom. The molecule has 0 unspecified atom stereocenters. The third kappa shape index (κ3) is 10.2. The van der Waals surface area contributed by atoms with Crippen molar-refractivity contribution in [1.29, 1.82) is 0 Å². The largest absolute Gasteiger partial charge is 3.00 e. The van der Waals surface area contributed by atoms with Crippen LogP contribution in [0.15, 0.2) is 182 Å². The maximum Gasteiger partial charge on any atom is 3.00 e. The van der Waals surface area contributed by atoms with Gasteiger partial charge in [0.25, 0.3) is 0 Å². The van der Waals surface area contributed by atoms with Crippen LogP contribution in [-0.4, -0.2) is 35.2 Å². The van der Waals surface area contributed by atoms with E-state index in [4.69, 9.17) is 23.4 Å². The van der Waals surface area contributed by atoms with Crippen LogP contribution >= 0.6 is 36.6 Å². The van der Waals surface area contributed by atoms with Crippen molar-refractivity contribution < 1.29 is 20.1 Å². The van der Waals surface area contributed by atoms with Gasteiger partial charge in [0.15, 0.2) is 5.82 Å². The number of nitrogens with zero attached hydrogens (tertiary/aromatic N) is 7. The van der Waals surface area contributed by atoms with E-state index in [0.717, 1.165) is 75.9 Å². The molecule has 0 amide bonds. The molecule has 0 aliphatic carbocycles. The molecular formula is C68H52IrN7S3. The van der Waals surface area contributed by atoms with Gasteiger partial charge in [-0.2, -0.15) is 40.6 Å². The predicted octanol–water partition coefficient (Wildman–Crippen LogP) is 18.1. The van der Waals surface area contributed by atoms with Crippen LogP contribution in [0.3, 0.4) is 0 Å². The van der Waals surface area contributed by atoms with E-state index in [1.165, 1.54) is 48.1 Å². The van der Waals surface area contributed by atoms with Gasteiger partial charge in [0.05, 0.1) is 23.4 Å². The minimum Gasteiger partial charge on any atom is -0.292 e. The van der Waals surface area contributed by atoms with Crippen molar-refractivity contribution in [3.63, 3.8) is 0 Å². The molecule has 5 aromatic heterocycles. The Labute approximate surface area is 487 Å². The molecule has 0 N–H and O–H groups in total. The van der Waals surface area contributed by atoms with E-state index in [-0.39, 0.29) is 30.9 Å². The van der Waals surface area contributed by atoms with Gasteiger partial charge in [0.1, 0.15) is 0 Å². The van der Waals surface area contributed by atoms with Gasteiger partial charge in [0.2, 0.25) is 0 Å². The molecule has 79 heavy (non-hydrogen) atoms. The Balaban J connectivity index is 0.000000154. The summed E-state index contributed by atoms with van der Waals surface area (Å²) in [5.74, 6) is 0.850. The van der Waals surface area contributed by atoms with E-state index in [9.17, 15) is 0 Å². The van der Waals surface area contributed by atoms with Crippen molar-refractivity contribution in [3.05, 3.63) is 224 Å². The van der Waals surface area contributed by atoms with Crippen molar-refractivity contribution in [1.82, 2.24) is 35.2 Å².